The Morgan fingerprint density at radius 1 is 1.30 bits per heavy atom. The van der Waals surface area contributed by atoms with Gasteiger partial charge >= 0.3 is 0 Å². The molecule has 6 heteroatoms. The number of aromatic amines is 1. The predicted octanol–water partition coefficient (Wildman–Crippen LogP) is 2.86. The fourth-order valence-corrected chi connectivity index (χ4v) is 2.72. The Hall–Kier alpha value is -2.50. The summed E-state index contributed by atoms with van der Waals surface area (Å²) in [4.78, 5) is 7.67. The van der Waals surface area contributed by atoms with Crippen LogP contribution in [0, 0.1) is 0 Å². The highest BCUT2D eigenvalue weighted by Crippen LogP contribution is 2.32. The predicted molar refractivity (Wildman–Crippen MR) is 94.6 cm³/mol. The second kappa shape index (κ2) is 6.32. The Bertz CT molecular complexity index is 851. The van der Waals surface area contributed by atoms with Gasteiger partial charge in [0, 0.05) is 45.5 Å². The van der Waals surface area contributed by atoms with E-state index in [1.54, 1.807) is 6.20 Å². The monoisotopic (exact) mass is 327 g/mol. The SMILES string of the molecule is C=C(N)NCc1cc2cc(Cl)c(-c3ccc(CN)nc3)cc2[nH]1. The number of nitrogens with one attached hydrogen (secondary N) is 2. The molecule has 0 aliphatic rings. The first-order valence-electron chi connectivity index (χ1n) is 7.21. The Balaban J connectivity index is 1.97. The number of nitrogens with zero attached hydrogens (tertiary/aromatic N) is 1. The van der Waals surface area contributed by atoms with Gasteiger partial charge in [0.2, 0.25) is 0 Å². The molecule has 118 valence electrons. The molecule has 6 N–H and O–H groups in total. The minimum absolute atomic E-state index is 0.423. The first kappa shape index (κ1) is 15.4. The number of halogens is 1. The number of aromatic nitrogens is 2. The summed E-state index contributed by atoms with van der Waals surface area (Å²) in [6, 6.07) is 9.90. The Morgan fingerprint density at radius 3 is 2.78 bits per heavy atom. The summed E-state index contributed by atoms with van der Waals surface area (Å²) in [6.07, 6.45) is 1.79. The third-order valence-electron chi connectivity index (χ3n) is 3.61. The number of nitrogens with two attached hydrogens (primary N) is 2. The molecular weight excluding hydrogens is 310 g/mol. The number of hydrogen-bond acceptors (Lipinski definition) is 4. The van der Waals surface area contributed by atoms with E-state index >= 15 is 0 Å². The number of rotatable bonds is 5. The fourth-order valence-electron chi connectivity index (χ4n) is 2.44. The van der Waals surface area contributed by atoms with E-state index in [1.165, 1.54) is 0 Å². The molecule has 0 amide bonds. The summed E-state index contributed by atoms with van der Waals surface area (Å²) in [7, 11) is 0. The maximum absolute atomic E-state index is 6.43. The first-order chi connectivity index (χ1) is 11.1. The zero-order chi connectivity index (χ0) is 16.4. The maximum atomic E-state index is 6.43. The molecule has 3 aromatic rings. The van der Waals surface area contributed by atoms with Crippen molar-refractivity contribution in [1.82, 2.24) is 15.3 Å². The van der Waals surface area contributed by atoms with Crippen molar-refractivity contribution in [2.24, 2.45) is 11.5 Å². The van der Waals surface area contributed by atoms with Gasteiger partial charge < -0.3 is 21.8 Å². The molecule has 0 bridgehead atoms. The number of H-pyrrole nitrogens is 1. The van der Waals surface area contributed by atoms with E-state index in [4.69, 9.17) is 23.1 Å². The summed E-state index contributed by atoms with van der Waals surface area (Å²) in [5, 5.41) is 4.72. The summed E-state index contributed by atoms with van der Waals surface area (Å²) >= 11 is 6.43. The molecule has 2 aromatic heterocycles. The highest BCUT2D eigenvalue weighted by atomic mass is 35.5. The Labute approximate surface area is 139 Å². The zero-order valence-corrected chi connectivity index (χ0v) is 13.3. The minimum atomic E-state index is 0.423. The largest absolute Gasteiger partial charge is 0.386 e. The maximum Gasteiger partial charge on any atom is 0.0889 e. The molecule has 3 rings (SSSR count). The lowest BCUT2D eigenvalue weighted by molar-refractivity contribution is 0.788. The van der Waals surface area contributed by atoms with Gasteiger partial charge in [-0.1, -0.05) is 24.2 Å². The van der Waals surface area contributed by atoms with Crippen LogP contribution >= 0.6 is 11.6 Å². The average Bonchev–Trinajstić information content (AvgIpc) is 2.94. The van der Waals surface area contributed by atoms with Crippen LogP contribution in [-0.4, -0.2) is 9.97 Å². The van der Waals surface area contributed by atoms with Gasteiger partial charge in [0.15, 0.2) is 0 Å². The van der Waals surface area contributed by atoms with Crippen molar-refractivity contribution in [2.45, 2.75) is 13.1 Å². The van der Waals surface area contributed by atoms with E-state index in [0.717, 1.165) is 33.4 Å². The van der Waals surface area contributed by atoms with Gasteiger partial charge in [-0.25, -0.2) is 0 Å². The number of hydrogen-bond donors (Lipinski definition) is 4. The third kappa shape index (κ3) is 3.31. The van der Waals surface area contributed by atoms with Gasteiger partial charge in [-0.15, -0.1) is 0 Å². The van der Waals surface area contributed by atoms with Crippen molar-refractivity contribution in [3.63, 3.8) is 0 Å². The standard InChI is InChI=1S/C17H18ClN5/c1-10(20)21-9-14-4-12-5-16(18)15(6-17(12)23-14)11-2-3-13(7-19)22-8-11/h2-6,8,21,23H,1,7,9,19-20H2. The molecule has 0 radical (unpaired) electrons. The molecule has 0 unspecified atom stereocenters. The van der Waals surface area contributed by atoms with E-state index < -0.39 is 0 Å². The smallest absolute Gasteiger partial charge is 0.0889 e. The highest BCUT2D eigenvalue weighted by molar-refractivity contribution is 6.34. The van der Waals surface area contributed by atoms with Crippen LogP contribution in [0.5, 0.6) is 0 Å². The molecule has 0 saturated carbocycles. The lowest BCUT2D eigenvalue weighted by atomic mass is 10.1. The van der Waals surface area contributed by atoms with E-state index in [9.17, 15) is 0 Å². The van der Waals surface area contributed by atoms with Crippen molar-refractivity contribution >= 4 is 22.5 Å². The van der Waals surface area contributed by atoms with Crippen LogP contribution in [0.4, 0.5) is 0 Å². The van der Waals surface area contributed by atoms with Crippen molar-refractivity contribution in [3.05, 3.63) is 65.3 Å². The van der Waals surface area contributed by atoms with E-state index in [1.807, 2.05) is 30.3 Å². The molecule has 0 atom stereocenters. The Kier molecular flexibility index (Phi) is 4.23. The third-order valence-corrected chi connectivity index (χ3v) is 3.93. The molecule has 0 aliphatic carbocycles. The molecule has 23 heavy (non-hydrogen) atoms. The van der Waals surface area contributed by atoms with Crippen molar-refractivity contribution < 1.29 is 0 Å². The van der Waals surface area contributed by atoms with Gasteiger partial charge in [-0.3, -0.25) is 4.98 Å². The van der Waals surface area contributed by atoms with Crippen LogP contribution in [0.25, 0.3) is 22.0 Å². The van der Waals surface area contributed by atoms with Crippen LogP contribution in [0.2, 0.25) is 5.02 Å². The molecule has 1 aromatic carbocycles. The number of fused-ring (bicyclic) bond motifs is 1. The van der Waals surface area contributed by atoms with Gasteiger partial charge in [0.05, 0.1) is 18.1 Å². The van der Waals surface area contributed by atoms with Crippen molar-refractivity contribution in [2.75, 3.05) is 0 Å². The molecule has 2 heterocycles. The van der Waals surface area contributed by atoms with Crippen LogP contribution in [0.3, 0.4) is 0 Å². The molecule has 0 aliphatic heterocycles. The second-order valence-corrected chi connectivity index (χ2v) is 5.74. The minimum Gasteiger partial charge on any atom is -0.386 e. The number of benzene rings is 1. The first-order valence-corrected chi connectivity index (χ1v) is 7.59. The summed E-state index contributed by atoms with van der Waals surface area (Å²) in [5.41, 5.74) is 15.9. The average molecular weight is 328 g/mol. The molecule has 0 saturated heterocycles. The van der Waals surface area contributed by atoms with Crippen molar-refractivity contribution in [1.29, 1.82) is 0 Å². The summed E-state index contributed by atoms with van der Waals surface area (Å²) < 4.78 is 0. The van der Waals surface area contributed by atoms with Crippen LogP contribution in [0.15, 0.2) is 48.9 Å². The van der Waals surface area contributed by atoms with Crippen LogP contribution in [0.1, 0.15) is 11.4 Å². The summed E-state index contributed by atoms with van der Waals surface area (Å²) in [6.45, 7) is 4.63. The molecule has 0 spiro atoms. The van der Waals surface area contributed by atoms with Crippen LogP contribution < -0.4 is 16.8 Å². The van der Waals surface area contributed by atoms with E-state index in [0.29, 0.717) is 23.9 Å². The molecule has 5 nitrogen and oxygen atoms in total. The van der Waals surface area contributed by atoms with E-state index in [2.05, 4.69) is 21.9 Å². The van der Waals surface area contributed by atoms with Crippen LogP contribution in [-0.2, 0) is 13.1 Å². The van der Waals surface area contributed by atoms with Gasteiger partial charge in [-0.2, -0.15) is 0 Å². The van der Waals surface area contributed by atoms with Crippen molar-refractivity contribution in [3.8, 4) is 11.1 Å². The quantitative estimate of drug-likeness (QED) is 0.579. The van der Waals surface area contributed by atoms with Gasteiger partial charge in [0.1, 0.15) is 0 Å². The normalized spacial score (nSPS) is 10.9. The molecule has 0 fully saturated rings. The van der Waals surface area contributed by atoms with Gasteiger partial charge in [0.25, 0.3) is 0 Å². The zero-order valence-electron chi connectivity index (χ0n) is 12.6. The Morgan fingerprint density at radius 2 is 2.13 bits per heavy atom. The summed E-state index contributed by atoms with van der Waals surface area (Å²) in [5.74, 6) is 0.438. The van der Waals surface area contributed by atoms with Gasteiger partial charge in [-0.05, 0) is 24.3 Å². The lowest BCUT2D eigenvalue weighted by Gasteiger charge is -2.06. The fraction of sp³-hybridized carbons (Fsp3) is 0.118. The van der Waals surface area contributed by atoms with E-state index in [-0.39, 0.29) is 0 Å². The topological polar surface area (TPSA) is 92.8 Å². The highest BCUT2D eigenvalue weighted by Gasteiger charge is 2.09. The molecular formula is C17H18ClN5. The second-order valence-electron chi connectivity index (χ2n) is 5.34. The lowest BCUT2D eigenvalue weighted by Crippen LogP contribution is -2.18. The number of pyridine rings is 1.